The van der Waals surface area contributed by atoms with E-state index in [9.17, 15) is 4.79 Å². The van der Waals surface area contributed by atoms with Crippen molar-refractivity contribution in [3.05, 3.63) is 71.3 Å². The van der Waals surface area contributed by atoms with E-state index in [0.29, 0.717) is 11.3 Å². The minimum Gasteiger partial charge on any atom is -0.420 e. The smallest absolute Gasteiger partial charge is 0.344 e. The summed E-state index contributed by atoms with van der Waals surface area (Å²) in [5.74, 6) is 0.458. The first-order valence-electron chi connectivity index (χ1n) is 8.21. The van der Waals surface area contributed by atoms with Crippen molar-refractivity contribution in [1.29, 1.82) is 0 Å². The summed E-state index contributed by atoms with van der Waals surface area (Å²) in [5.41, 5.74) is 3.72. The lowest BCUT2D eigenvalue weighted by Gasteiger charge is -2.32. The fourth-order valence-electron chi connectivity index (χ4n) is 3.41. The van der Waals surface area contributed by atoms with Gasteiger partial charge in [-0.1, -0.05) is 48.5 Å². The van der Waals surface area contributed by atoms with E-state index in [1.54, 1.807) is 0 Å². The predicted molar refractivity (Wildman–Crippen MR) is 90.5 cm³/mol. The SMILES string of the molecule is O=C1OC(=C(c2ccccc2)N2CCCCC2)c2ccccc21. The number of esters is 1. The Morgan fingerprint density at radius 2 is 1.48 bits per heavy atom. The van der Waals surface area contributed by atoms with Crippen LogP contribution in [0.1, 0.15) is 40.7 Å². The van der Waals surface area contributed by atoms with Gasteiger partial charge in [-0.15, -0.1) is 0 Å². The van der Waals surface area contributed by atoms with E-state index in [4.69, 9.17) is 4.74 Å². The first kappa shape index (κ1) is 14.1. The molecule has 4 rings (SSSR count). The monoisotopic (exact) mass is 305 g/mol. The van der Waals surface area contributed by atoms with Crippen molar-refractivity contribution < 1.29 is 9.53 Å². The number of likely N-dealkylation sites (tertiary alicyclic amines) is 1. The molecule has 0 unspecified atom stereocenters. The molecule has 0 spiro atoms. The Balaban J connectivity index is 1.90. The maximum absolute atomic E-state index is 12.2. The summed E-state index contributed by atoms with van der Waals surface area (Å²) in [6.45, 7) is 2.01. The van der Waals surface area contributed by atoms with Gasteiger partial charge in [-0.3, -0.25) is 0 Å². The largest absolute Gasteiger partial charge is 0.420 e. The Morgan fingerprint density at radius 3 is 2.22 bits per heavy atom. The minimum atomic E-state index is -0.249. The molecule has 2 aliphatic rings. The van der Waals surface area contributed by atoms with Crippen LogP contribution in [0.2, 0.25) is 0 Å². The maximum atomic E-state index is 12.2. The third kappa shape index (κ3) is 2.52. The molecule has 0 radical (unpaired) electrons. The number of hydrogen-bond donors (Lipinski definition) is 0. The highest BCUT2D eigenvalue weighted by molar-refractivity contribution is 6.07. The molecule has 3 nitrogen and oxygen atoms in total. The summed E-state index contributed by atoms with van der Waals surface area (Å²) in [4.78, 5) is 14.6. The lowest BCUT2D eigenvalue weighted by Crippen LogP contribution is -2.29. The molecule has 2 heterocycles. The highest BCUT2D eigenvalue weighted by Crippen LogP contribution is 2.38. The van der Waals surface area contributed by atoms with Gasteiger partial charge in [0.15, 0.2) is 5.76 Å². The molecule has 1 fully saturated rings. The topological polar surface area (TPSA) is 29.5 Å². The van der Waals surface area contributed by atoms with E-state index in [1.165, 1.54) is 19.3 Å². The molecule has 2 aromatic rings. The third-order valence-corrected chi connectivity index (χ3v) is 4.52. The lowest BCUT2D eigenvalue weighted by atomic mass is 10.0. The Labute approximate surface area is 136 Å². The second-order valence-electron chi connectivity index (χ2n) is 6.03. The van der Waals surface area contributed by atoms with Gasteiger partial charge in [0.1, 0.15) is 0 Å². The summed E-state index contributed by atoms with van der Waals surface area (Å²) >= 11 is 0. The van der Waals surface area contributed by atoms with Gasteiger partial charge in [-0.2, -0.15) is 0 Å². The molecule has 0 N–H and O–H groups in total. The van der Waals surface area contributed by atoms with E-state index in [0.717, 1.165) is 29.9 Å². The summed E-state index contributed by atoms with van der Waals surface area (Å²) in [6, 6.07) is 17.9. The summed E-state index contributed by atoms with van der Waals surface area (Å²) in [7, 11) is 0. The van der Waals surface area contributed by atoms with E-state index in [2.05, 4.69) is 17.0 Å². The van der Waals surface area contributed by atoms with Gasteiger partial charge in [0.2, 0.25) is 0 Å². The van der Waals surface area contributed by atoms with E-state index in [-0.39, 0.29) is 5.97 Å². The van der Waals surface area contributed by atoms with Crippen molar-refractivity contribution in [3.63, 3.8) is 0 Å². The van der Waals surface area contributed by atoms with Crippen LogP contribution < -0.4 is 0 Å². The molecule has 3 heteroatoms. The van der Waals surface area contributed by atoms with Gasteiger partial charge in [-0.25, -0.2) is 4.79 Å². The van der Waals surface area contributed by atoms with Crippen LogP contribution in [0.25, 0.3) is 11.5 Å². The number of nitrogens with zero attached hydrogens (tertiary/aromatic N) is 1. The average molecular weight is 305 g/mol. The fourth-order valence-corrected chi connectivity index (χ4v) is 3.41. The van der Waals surface area contributed by atoms with E-state index < -0.39 is 0 Å². The Morgan fingerprint density at radius 1 is 0.826 bits per heavy atom. The molecular formula is C20H19NO2. The van der Waals surface area contributed by atoms with Crippen LogP contribution in [0.4, 0.5) is 0 Å². The van der Waals surface area contributed by atoms with Crippen molar-refractivity contribution in [2.45, 2.75) is 19.3 Å². The number of ether oxygens (including phenoxy) is 1. The Hall–Kier alpha value is -2.55. The van der Waals surface area contributed by atoms with Crippen LogP contribution in [0.15, 0.2) is 54.6 Å². The fraction of sp³-hybridized carbons (Fsp3) is 0.250. The molecule has 0 saturated carbocycles. The summed E-state index contributed by atoms with van der Waals surface area (Å²) in [6.07, 6.45) is 3.63. The minimum absolute atomic E-state index is 0.249. The zero-order valence-corrected chi connectivity index (χ0v) is 13.0. The number of benzene rings is 2. The number of carbonyl (C=O) groups excluding carboxylic acids is 1. The molecule has 116 valence electrons. The van der Waals surface area contributed by atoms with Crippen molar-refractivity contribution in [1.82, 2.24) is 4.90 Å². The van der Waals surface area contributed by atoms with Crippen LogP contribution >= 0.6 is 0 Å². The second-order valence-corrected chi connectivity index (χ2v) is 6.03. The number of cyclic esters (lactones) is 1. The van der Waals surface area contributed by atoms with Crippen LogP contribution in [0.3, 0.4) is 0 Å². The van der Waals surface area contributed by atoms with Crippen molar-refractivity contribution in [2.24, 2.45) is 0 Å². The van der Waals surface area contributed by atoms with Crippen molar-refractivity contribution in [2.75, 3.05) is 13.1 Å². The first-order valence-corrected chi connectivity index (χ1v) is 8.21. The Kier molecular flexibility index (Phi) is 3.62. The maximum Gasteiger partial charge on any atom is 0.344 e. The highest BCUT2D eigenvalue weighted by Gasteiger charge is 2.31. The number of piperidine rings is 1. The van der Waals surface area contributed by atoms with E-state index >= 15 is 0 Å². The molecule has 0 aliphatic carbocycles. The zero-order chi connectivity index (χ0) is 15.6. The van der Waals surface area contributed by atoms with Gasteiger partial charge < -0.3 is 9.64 Å². The molecule has 1 saturated heterocycles. The molecular weight excluding hydrogens is 286 g/mol. The highest BCUT2D eigenvalue weighted by atomic mass is 16.5. The summed E-state index contributed by atoms with van der Waals surface area (Å²) in [5, 5.41) is 0. The van der Waals surface area contributed by atoms with Crippen molar-refractivity contribution in [3.8, 4) is 0 Å². The standard InChI is InChI=1S/C20H19NO2/c22-20-17-12-6-5-11-16(17)19(23-20)18(15-9-3-1-4-10-15)21-13-7-2-8-14-21/h1,3-6,9-12H,2,7-8,13-14H2. The van der Waals surface area contributed by atoms with Gasteiger partial charge in [-0.05, 0) is 25.3 Å². The van der Waals surface area contributed by atoms with Crippen LogP contribution in [0, 0.1) is 0 Å². The van der Waals surface area contributed by atoms with Crippen LogP contribution in [-0.4, -0.2) is 24.0 Å². The van der Waals surface area contributed by atoms with Gasteiger partial charge in [0, 0.05) is 24.2 Å². The summed E-state index contributed by atoms with van der Waals surface area (Å²) < 4.78 is 5.70. The number of rotatable bonds is 2. The molecule has 2 aliphatic heterocycles. The van der Waals surface area contributed by atoms with Crippen LogP contribution in [-0.2, 0) is 4.74 Å². The van der Waals surface area contributed by atoms with Crippen molar-refractivity contribution >= 4 is 17.4 Å². The molecule has 0 aromatic heterocycles. The van der Waals surface area contributed by atoms with Crippen LogP contribution in [0.5, 0.6) is 0 Å². The number of hydrogen-bond acceptors (Lipinski definition) is 3. The molecule has 2 aromatic carbocycles. The molecule has 23 heavy (non-hydrogen) atoms. The molecule has 0 atom stereocenters. The molecule has 0 bridgehead atoms. The van der Waals surface area contributed by atoms with Gasteiger partial charge in [0.25, 0.3) is 0 Å². The van der Waals surface area contributed by atoms with Gasteiger partial charge >= 0.3 is 5.97 Å². The average Bonchev–Trinajstić information content (AvgIpc) is 2.94. The third-order valence-electron chi connectivity index (χ3n) is 4.52. The second kappa shape index (κ2) is 5.92. The normalized spacial score (nSPS) is 19.3. The number of carbonyl (C=O) groups is 1. The lowest BCUT2D eigenvalue weighted by molar-refractivity contribution is 0.0714. The molecule has 0 amide bonds. The Bertz CT molecular complexity index is 758. The van der Waals surface area contributed by atoms with E-state index in [1.807, 2.05) is 42.5 Å². The zero-order valence-electron chi connectivity index (χ0n) is 13.0. The van der Waals surface area contributed by atoms with Gasteiger partial charge in [0.05, 0.1) is 11.3 Å². The predicted octanol–water partition coefficient (Wildman–Crippen LogP) is 4.17. The first-order chi connectivity index (χ1) is 11.3. The quantitative estimate of drug-likeness (QED) is 0.780. The number of fused-ring (bicyclic) bond motifs is 1.